The molecule has 0 fully saturated rings. The van der Waals surface area contributed by atoms with E-state index >= 15 is 0 Å². The number of para-hydroxylation sites is 1. The van der Waals surface area contributed by atoms with Gasteiger partial charge in [0.05, 0.1) is 5.56 Å². The van der Waals surface area contributed by atoms with Crippen LogP contribution in [-0.4, -0.2) is 17.4 Å². The molecular weight excluding hydrogens is 304 g/mol. The van der Waals surface area contributed by atoms with Crippen LogP contribution in [0, 0.1) is 11.3 Å². The molecule has 5 nitrogen and oxygen atoms in total. The van der Waals surface area contributed by atoms with E-state index in [1.807, 2.05) is 36.5 Å². The Morgan fingerprint density at radius 1 is 1.25 bits per heavy atom. The SMILES string of the molecule is N#CCOc1ccc2c(c1)O/C(=C\c1c[nH]c3ccccc13)C2=O. The molecule has 0 atom stereocenters. The summed E-state index contributed by atoms with van der Waals surface area (Å²) in [6.07, 6.45) is 3.58. The number of nitrogens with one attached hydrogen (secondary N) is 1. The zero-order chi connectivity index (χ0) is 16.5. The lowest BCUT2D eigenvalue weighted by molar-refractivity contribution is 0.101. The average Bonchev–Trinajstić information content (AvgIpc) is 3.15. The minimum atomic E-state index is -0.165. The number of allylic oxidation sites excluding steroid dienone is 1. The lowest BCUT2D eigenvalue weighted by atomic mass is 10.1. The molecule has 0 unspecified atom stereocenters. The number of carbonyl (C=O) groups is 1. The average molecular weight is 316 g/mol. The van der Waals surface area contributed by atoms with E-state index in [-0.39, 0.29) is 18.1 Å². The second-order valence-corrected chi connectivity index (χ2v) is 5.33. The van der Waals surface area contributed by atoms with Crippen LogP contribution in [0.3, 0.4) is 0 Å². The number of benzene rings is 2. The number of aromatic nitrogens is 1. The van der Waals surface area contributed by atoms with Crippen molar-refractivity contribution in [1.29, 1.82) is 5.26 Å². The number of ether oxygens (including phenoxy) is 2. The third-order valence-corrected chi connectivity index (χ3v) is 3.85. The van der Waals surface area contributed by atoms with E-state index in [1.165, 1.54) is 0 Å². The van der Waals surface area contributed by atoms with Crippen molar-refractivity contribution in [1.82, 2.24) is 4.98 Å². The maximum Gasteiger partial charge on any atom is 0.231 e. The van der Waals surface area contributed by atoms with E-state index < -0.39 is 0 Å². The molecule has 4 rings (SSSR count). The number of hydrogen-bond acceptors (Lipinski definition) is 4. The minimum absolute atomic E-state index is 0.0508. The first-order valence-corrected chi connectivity index (χ1v) is 7.40. The highest BCUT2D eigenvalue weighted by atomic mass is 16.5. The van der Waals surface area contributed by atoms with Gasteiger partial charge in [0, 0.05) is 28.7 Å². The molecular formula is C19H12N2O3. The number of rotatable bonds is 3. The molecule has 2 aromatic carbocycles. The van der Waals surface area contributed by atoms with Crippen molar-refractivity contribution in [2.75, 3.05) is 6.61 Å². The van der Waals surface area contributed by atoms with Crippen molar-refractivity contribution in [3.63, 3.8) is 0 Å². The van der Waals surface area contributed by atoms with Crippen LogP contribution in [0.25, 0.3) is 17.0 Å². The number of fused-ring (bicyclic) bond motifs is 2. The first-order valence-electron chi connectivity index (χ1n) is 7.40. The highest BCUT2D eigenvalue weighted by molar-refractivity contribution is 6.15. The Hall–Kier alpha value is -3.52. The number of nitrogens with zero attached hydrogens (tertiary/aromatic N) is 1. The summed E-state index contributed by atoms with van der Waals surface area (Å²) in [5.74, 6) is 1.05. The van der Waals surface area contributed by atoms with Gasteiger partial charge in [0.1, 0.15) is 17.6 Å². The second kappa shape index (κ2) is 5.60. The molecule has 1 aliphatic rings. The van der Waals surface area contributed by atoms with Gasteiger partial charge in [0.2, 0.25) is 5.78 Å². The summed E-state index contributed by atoms with van der Waals surface area (Å²) >= 11 is 0. The van der Waals surface area contributed by atoms with Gasteiger partial charge in [-0.1, -0.05) is 18.2 Å². The summed E-state index contributed by atoms with van der Waals surface area (Å²) in [4.78, 5) is 15.7. The third-order valence-electron chi connectivity index (χ3n) is 3.85. The van der Waals surface area contributed by atoms with Crippen molar-refractivity contribution in [2.24, 2.45) is 0 Å². The standard InChI is InChI=1S/C19H12N2O3/c20-7-8-23-13-5-6-15-17(10-13)24-18(19(15)22)9-12-11-21-16-4-2-1-3-14(12)16/h1-6,9-11,21H,8H2/b18-9-. The molecule has 0 amide bonds. The lowest BCUT2D eigenvalue weighted by Crippen LogP contribution is -1.97. The van der Waals surface area contributed by atoms with E-state index in [2.05, 4.69) is 4.98 Å². The number of aromatic amines is 1. The largest absolute Gasteiger partial charge is 0.479 e. The number of Topliss-reactive ketones (excluding diaryl/α,β-unsaturated/α-hetero) is 1. The highest BCUT2D eigenvalue weighted by Gasteiger charge is 2.28. The Bertz CT molecular complexity index is 1020. The van der Waals surface area contributed by atoms with Crippen LogP contribution in [-0.2, 0) is 0 Å². The van der Waals surface area contributed by atoms with Gasteiger partial charge < -0.3 is 14.5 Å². The fourth-order valence-corrected chi connectivity index (χ4v) is 2.73. The molecule has 1 aromatic heterocycles. The van der Waals surface area contributed by atoms with Crippen molar-refractivity contribution in [2.45, 2.75) is 0 Å². The van der Waals surface area contributed by atoms with Crippen molar-refractivity contribution in [3.8, 4) is 17.6 Å². The number of H-pyrrole nitrogens is 1. The molecule has 1 aliphatic heterocycles. The summed E-state index contributed by atoms with van der Waals surface area (Å²) in [6.45, 7) is -0.0508. The Morgan fingerprint density at radius 2 is 2.12 bits per heavy atom. The monoisotopic (exact) mass is 316 g/mol. The quantitative estimate of drug-likeness (QED) is 0.748. The second-order valence-electron chi connectivity index (χ2n) is 5.33. The molecule has 24 heavy (non-hydrogen) atoms. The van der Waals surface area contributed by atoms with Gasteiger partial charge in [-0.3, -0.25) is 4.79 Å². The minimum Gasteiger partial charge on any atom is -0.479 e. The van der Waals surface area contributed by atoms with Gasteiger partial charge in [-0.05, 0) is 24.3 Å². The van der Waals surface area contributed by atoms with Gasteiger partial charge in [-0.15, -0.1) is 0 Å². The highest BCUT2D eigenvalue weighted by Crippen LogP contribution is 2.35. The maximum absolute atomic E-state index is 12.5. The van der Waals surface area contributed by atoms with E-state index in [0.717, 1.165) is 16.5 Å². The van der Waals surface area contributed by atoms with Crippen LogP contribution in [0.4, 0.5) is 0 Å². The normalized spacial score (nSPS) is 14.5. The van der Waals surface area contributed by atoms with Crippen LogP contribution in [0.1, 0.15) is 15.9 Å². The van der Waals surface area contributed by atoms with Crippen molar-refractivity contribution >= 4 is 22.8 Å². The molecule has 0 spiro atoms. The van der Waals surface area contributed by atoms with Gasteiger partial charge in [0.15, 0.2) is 12.4 Å². The van der Waals surface area contributed by atoms with Crippen LogP contribution in [0.5, 0.6) is 11.5 Å². The van der Waals surface area contributed by atoms with Crippen LogP contribution < -0.4 is 9.47 Å². The predicted molar refractivity (Wildman–Crippen MR) is 88.8 cm³/mol. The topological polar surface area (TPSA) is 75.1 Å². The predicted octanol–water partition coefficient (Wildman–Crippen LogP) is 3.69. The summed E-state index contributed by atoms with van der Waals surface area (Å²) in [7, 11) is 0. The first-order chi connectivity index (χ1) is 11.8. The summed E-state index contributed by atoms with van der Waals surface area (Å²) in [5, 5.41) is 9.59. The molecule has 0 radical (unpaired) electrons. The Labute approximate surface area is 137 Å². The molecule has 0 saturated carbocycles. The smallest absolute Gasteiger partial charge is 0.231 e. The molecule has 2 heterocycles. The van der Waals surface area contributed by atoms with Gasteiger partial charge in [-0.2, -0.15) is 5.26 Å². The zero-order valence-electron chi connectivity index (χ0n) is 12.6. The number of hydrogen-bond donors (Lipinski definition) is 1. The summed E-state index contributed by atoms with van der Waals surface area (Å²) in [5.41, 5.74) is 2.38. The van der Waals surface area contributed by atoms with Crippen molar-refractivity contribution in [3.05, 3.63) is 65.5 Å². The van der Waals surface area contributed by atoms with E-state index in [9.17, 15) is 4.79 Å². The van der Waals surface area contributed by atoms with E-state index in [1.54, 1.807) is 24.3 Å². The number of carbonyl (C=O) groups excluding carboxylic acids is 1. The van der Waals surface area contributed by atoms with Gasteiger partial charge in [-0.25, -0.2) is 0 Å². The van der Waals surface area contributed by atoms with Crippen molar-refractivity contribution < 1.29 is 14.3 Å². The summed E-state index contributed by atoms with van der Waals surface area (Å²) in [6, 6.07) is 14.7. The van der Waals surface area contributed by atoms with Gasteiger partial charge in [0.25, 0.3) is 0 Å². The Kier molecular flexibility index (Phi) is 3.29. The number of nitriles is 1. The fourth-order valence-electron chi connectivity index (χ4n) is 2.73. The first kappa shape index (κ1) is 14.1. The molecule has 5 heteroatoms. The van der Waals surface area contributed by atoms with Crippen LogP contribution in [0.15, 0.2) is 54.4 Å². The lowest BCUT2D eigenvalue weighted by Gasteiger charge is -2.02. The molecule has 0 bridgehead atoms. The van der Waals surface area contributed by atoms with E-state index in [4.69, 9.17) is 14.7 Å². The third kappa shape index (κ3) is 2.31. The molecule has 0 aliphatic carbocycles. The molecule has 116 valence electrons. The Morgan fingerprint density at radius 3 is 3.00 bits per heavy atom. The summed E-state index contributed by atoms with van der Waals surface area (Å²) < 4.78 is 10.9. The molecule has 3 aromatic rings. The fraction of sp³-hybridized carbons (Fsp3) is 0.0526. The maximum atomic E-state index is 12.5. The molecule has 0 saturated heterocycles. The zero-order valence-corrected chi connectivity index (χ0v) is 12.6. The van der Waals surface area contributed by atoms with Crippen LogP contribution in [0.2, 0.25) is 0 Å². The van der Waals surface area contributed by atoms with E-state index in [0.29, 0.717) is 17.1 Å². The van der Waals surface area contributed by atoms with Crippen LogP contribution >= 0.6 is 0 Å². The molecule has 1 N–H and O–H groups in total. The Balaban J connectivity index is 1.68. The van der Waals surface area contributed by atoms with Gasteiger partial charge >= 0.3 is 0 Å². The number of ketones is 1.